The molecule has 0 amide bonds. The quantitative estimate of drug-likeness (QED) is 0.746. The van der Waals surface area contributed by atoms with Crippen LogP contribution in [-0.4, -0.2) is 37.1 Å². The fourth-order valence-electron chi connectivity index (χ4n) is 4.58. The molecule has 2 rings (SSSR count). The maximum atomic E-state index is 3.75. The van der Waals surface area contributed by atoms with E-state index in [1.54, 1.807) is 0 Å². The lowest BCUT2D eigenvalue weighted by Crippen LogP contribution is -2.46. The van der Waals surface area contributed by atoms with Crippen LogP contribution in [0.4, 0.5) is 0 Å². The van der Waals surface area contributed by atoms with Gasteiger partial charge < -0.3 is 10.2 Å². The summed E-state index contributed by atoms with van der Waals surface area (Å²) in [5, 5.41) is 3.75. The van der Waals surface area contributed by atoms with Gasteiger partial charge in [-0.3, -0.25) is 0 Å². The molecule has 0 unspecified atom stereocenters. The average Bonchev–Trinajstić information content (AvgIpc) is 2.90. The zero-order chi connectivity index (χ0) is 15.3. The van der Waals surface area contributed by atoms with Crippen molar-refractivity contribution < 1.29 is 0 Å². The van der Waals surface area contributed by atoms with Crippen molar-refractivity contribution in [1.29, 1.82) is 0 Å². The van der Waals surface area contributed by atoms with E-state index in [0.717, 1.165) is 0 Å². The van der Waals surface area contributed by atoms with Crippen molar-refractivity contribution in [3.05, 3.63) is 0 Å². The summed E-state index contributed by atoms with van der Waals surface area (Å²) < 4.78 is 0. The highest BCUT2D eigenvalue weighted by Gasteiger charge is 2.40. The summed E-state index contributed by atoms with van der Waals surface area (Å²) in [5.74, 6) is 0. The van der Waals surface area contributed by atoms with Gasteiger partial charge in [-0.25, -0.2) is 0 Å². The highest BCUT2D eigenvalue weighted by molar-refractivity contribution is 4.94. The number of likely N-dealkylation sites (tertiary alicyclic amines) is 1. The van der Waals surface area contributed by atoms with Crippen molar-refractivity contribution in [2.75, 3.05) is 26.2 Å². The normalized spacial score (nSPS) is 25.6. The minimum absolute atomic E-state index is 0.556. The maximum Gasteiger partial charge on any atom is 0.00504 e. The highest BCUT2D eigenvalue weighted by Crippen LogP contribution is 2.41. The van der Waals surface area contributed by atoms with Crippen LogP contribution in [0, 0.1) is 10.8 Å². The molecule has 0 bridgehead atoms. The third-order valence-electron chi connectivity index (χ3n) is 6.38. The molecule has 1 saturated carbocycles. The highest BCUT2D eigenvalue weighted by atomic mass is 15.2. The lowest BCUT2D eigenvalue weighted by atomic mass is 9.73. The SMILES string of the molecule is CCC1(CC)CCN(CC2(CNC(C)C)CCCCC2)C1. The number of hydrogen-bond acceptors (Lipinski definition) is 2. The number of rotatable bonds is 7. The fraction of sp³-hybridized carbons (Fsp3) is 1.00. The molecule has 2 aliphatic rings. The van der Waals surface area contributed by atoms with E-state index in [0.29, 0.717) is 16.9 Å². The third kappa shape index (κ3) is 4.45. The van der Waals surface area contributed by atoms with E-state index in [1.165, 1.54) is 77.5 Å². The van der Waals surface area contributed by atoms with Crippen LogP contribution in [-0.2, 0) is 0 Å². The molecule has 124 valence electrons. The molecule has 21 heavy (non-hydrogen) atoms. The Labute approximate surface area is 133 Å². The standard InChI is InChI=1S/C19H38N2/c1-5-18(6-2)12-13-21(15-18)16-19(14-20-17(3)4)10-8-7-9-11-19/h17,20H,5-16H2,1-4H3. The molecule has 0 spiro atoms. The van der Waals surface area contributed by atoms with Gasteiger partial charge in [0.05, 0.1) is 0 Å². The summed E-state index contributed by atoms with van der Waals surface area (Å²) in [7, 11) is 0. The van der Waals surface area contributed by atoms with Crippen LogP contribution < -0.4 is 5.32 Å². The first-order valence-electron chi connectivity index (χ1n) is 9.49. The molecule has 1 N–H and O–H groups in total. The van der Waals surface area contributed by atoms with Crippen molar-refractivity contribution in [1.82, 2.24) is 10.2 Å². The Balaban J connectivity index is 1.96. The van der Waals surface area contributed by atoms with E-state index in [4.69, 9.17) is 0 Å². The molecule has 2 fully saturated rings. The molecule has 1 saturated heterocycles. The molecule has 0 aromatic carbocycles. The molecule has 2 heteroatoms. The molecule has 0 radical (unpaired) electrons. The molecule has 0 atom stereocenters. The van der Waals surface area contributed by atoms with Crippen LogP contribution in [0.1, 0.15) is 79.1 Å². The Kier molecular flexibility index (Phi) is 6.14. The van der Waals surface area contributed by atoms with Gasteiger partial charge in [0.2, 0.25) is 0 Å². The summed E-state index contributed by atoms with van der Waals surface area (Å²) in [6.07, 6.45) is 11.4. The second-order valence-corrected chi connectivity index (χ2v) is 8.26. The smallest absolute Gasteiger partial charge is 0.00504 e. The van der Waals surface area contributed by atoms with Gasteiger partial charge >= 0.3 is 0 Å². The Morgan fingerprint density at radius 2 is 1.62 bits per heavy atom. The van der Waals surface area contributed by atoms with Crippen molar-refractivity contribution >= 4 is 0 Å². The first-order valence-corrected chi connectivity index (χ1v) is 9.49. The number of hydrogen-bond donors (Lipinski definition) is 1. The molecular formula is C19H38N2. The second-order valence-electron chi connectivity index (χ2n) is 8.26. The predicted molar refractivity (Wildman–Crippen MR) is 92.7 cm³/mol. The van der Waals surface area contributed by atoms with E-state index in [1.807, 2.05) is 0 Å². The van der Waals surface area contributed by atoms with E-state index in [9.17, 15) is 0 Å². The Morgan fingerprint density at radius 3 is 2.14 bits per heavy atom. The molecular weight excluding hydrogens is 256 g/mol. The second kappa shape index (κ2) is 7.46. The van der Waals surface area contributed by atoms with Gasteiger partial charge in [-0.2, -0.15) is 0 Å². The molecule has 1 heterocycles. The predicted octanol–water partition coefficient (Wildman–Crippen LogP) is 4.45. The zero-order valence-electron chi connectivity index (χ0n) is 15.0. The van der Waals surface area contributed by atoms with Crippen molar-refractivity contribution in [2.45, 2.75) is 85.1 Å². The lowest BCUT2D eigenvalue weighted by molar-refractivity contribution is 0.104. The van der Waals surface area contributed by atoms with E-state index < -0.39 is 0 Å². The van der Waals surface area contributed by atoms with Crippen LogP contribution in [0.15, 0.2) is 0 Å². The Morgan fingerprint density at radius 1 is 0.952 bits per heavy atom. The van der Waals surface area contributed by atoms with Gasteiger partial charge in [-0.1, -0.05) is 47.0 Å². The van der Waals surface area contributed by atoms with E-state index >= 15 is 0 Å². The molecule has 0 aromatic rings. The number of nitrogens with one attached hydrogen (secondary N) is 1. The minimum atomic E-state index is 0.556. The average molecular weight is 295 g/mol. The molecule has 2 nitrogen and oxygen atoms in total. The Bertz CT molecular complexity index is 301. The molecule has 1 aliphatic carbocycles. The van der Waals surface area contributed by atoms with Crippen LogP contribution in [0.5, 0.6) is 0 Å². The molecule has 0 aromatic heterocycles. The van der Waals surface area contributed by atoms with Gasteiger partial charge in [0.15, 0.2) is 0 Å². The van der Waals surface area contributed by atoms with Crippen molar-refractivity contribution in [2.24, 2.45) is 10.8 Å². The first-order chi connectivity index (χ1) is 10.0. The van der Waals surface area contributed by atoms with Crippen LogP contribution in [0.2, 0.25) is 0 Å². The van der Waals surface area contributed by atoms with Gasteiger partial charge in [0.1, 0.15) is 0 Å². The Hall–Kier alpha value is -0.0800. The number of nitrogens with zero attached hydrogens (tertiary/aromatic N) is 1. The topological polar surface area (TPSA) is 15.3 Å². The van der Waals surface area contributed by atoms with Gasteiger partial charge in [0, 0.05) is 25.7 Å². The summed E-state index contributed by atoms with van der Waals surface area (Å²) in [5.41, 5.74) is 1.18. The van der Waals surface area contributed by atoms with Crippen LogP contribution in [0.3, 0.4) is 0 Å². The summed E-state index contributed by atoms with van der Waals surface area (Å²) in [4.78, 5) is 2.81. The summed E-state index contributed by atoms with van der Waals surface area (Å²) in [6.45, 7) is 14.6. The van der Waals surface area contributed by atoms with Crippen LogP contribution >= 0.6 is 0 Å². The minimum Gasteiger partial charge on any atom is -0.314 e. The van der Waals surface area contributed by atoms with Gasteiger partial charge in [-0.15, -0.1) is 0 Å². The van der Waals surface area contributed by atoms with E-state index in [2.05, 4.69) is 37.9 Å². The third-order valence-corrected chi connectivity index (χ3v) is 6.38. The molecule has 1 aliphatic heterocycles. The van der Waals surface area contributed by atoms with Gasteiger partial charge in [-0.05, 0) is 49.5 Å². The fourth-order valence-corrected chi connectivity index (χ4v) is 4.58. The summed E-state index contributed by atoms with van der Waals surface area (Å²) >= 11 is 0. The van der Waals surface area contributed by atoms with Crippen molar-refractivity contribution in [3.8, 4) is 0 Å². The maximum absolute atomic E-state index is 3.75. The lowest BCUT2D eigenvalue weighted by Gasteiger charge is -2.41. The summed E-state index contributed by atoms with van der Waals surface area (Å²) in [6, 6.07) is 0.618. The van der Waals surface area contributed by atoms with Crippen molar-refractivity contribution in [3.63, 3.8) is 0 Å². The monoisotopic (exact) mass is 294 g/mol. The largest absolute Gasteiger partial charge is 0.314 e. The van der Waals surface area contributed by atoms with Crippen LogP contribution in [0.25, 0.3) is 0 Å². The van der Waals surface area contributed by atoms with E-state index in [-0.39, 0.29) is 0 Å². The van der Waals surface area contributed by atoms with Gasteiger partial charge in [0.25, 0.3) is 0 Å². The first kappa shape index (κ1) is 17.3. The zero-order valence-corrected chi connectivity index (χ0v) is 15.0.